The van der Waals surface area contributed by atoms with E-state index in [4.69, 9.17) is 5.73 Å². The number of aryl methyl sites for hydroxylation is 1. The summed E-state index contributed by atoms with van der Waals surface area (Å²) in [6.07, 6.45) is -1.48. The van der Waals surface area contributed by atoms with Gasteiger partial charge < -0.3 is 5.73 Å². The van der Waals surface area contributed by atoms with E-state index in [1.165, 1.54) is 12.1 Å². The third-order valence-electron chi connectivity index (χ3n) is 1.92. The maximum absolute atomic E-state index is 13.2. The maximum atomic E-state index is 13.2. The zero-order valence-corrected chi connectivity index (χ0v) is 7.74. The predicted molar refractivity (Wildman–Crippen MR) is 50.7 cm³/mol. The molecule has 1 aromatic rings. The van der Waals surface area contributed by atoms with E-state index in [9.17, 15) is 14.5 Å². The quantitative estimate of drug-likeness (QED) is 0.595. The van der Waals surface area contributed by atoms with Crippen LogP contribution in [0.25, 0.3) is 0 Å². The summed E-state index contributed by atoms with van der Waals surface area (Å²) in [5.74, 6) is 0. The van der Waals surface area contributed by atoms with E-state index in [1.54, 1.807) is 13.0 Å². The van der Waals surface area contributed by atoms with Crippen molar-refractivity contribution in [2.45, 2.75) is 13.1 Å². The van der Waals surface area contributed by atoms with Gasteiger partial charge in [-0.25, -0.2) is 4.39 Å². The highest BCUT2D eigenvalue weighted by Crippen LogP contribution is 2.27. The molecule has 0 aromatic heterocycles. The van der Waals surface area contributed by atoms with Crippen LogP contribution in [0.5, 0.6) is 0 Å². The molecule has 4 nitrogen and oxygen atoms in total. The van der Waals surface area contributed by atoms with Crippen molar-refractivity contribution in [2.24, 2.45) is 5.73 Å². The molecular formula is C9H11FN2O2. The van der Waals surface area contributed by atoms with E-state index >= 15 is 0 Å². The summed E-state index contributed by atoms with van der Waals surface area (Å²) in [5.41, 5.74) is 5.74. The normalized spacial score (nSPS) is 12.5. The van der Waals surface area contributed by atoms with Crippen molar-refractivity contribution in [1.82, 2.24) is 0 Å². The number of nitrogens with two attached hydrogens (primary N) is 1. The first-order chi connectivity index (χ1) is 6.56. The number of benzene rings is 1. The molecule has 0 fully saturated rings. The Balaban J connectivity index is 3.22. The number of hydrogen-bond donors (Lipinski definition) is 1. The van der Waals surface area contributed by atoms with Crippen molar-refractivity contribution >= 4 is 5.69 Å². The van der Waals surface area contributed by atoms with Gasteiger partial charge in [0.25, 0.3) is 5.69 Å². The van der Waals surface area contributed by atoms with Crippen LogP contribution in [-0.2, 0) is 0 Å². The molecule has 76 valence electrons. The second-order valence-electron chi connectivity index (χ2n) is 3.02. The molecule has 2 N–H and O–H groups in total. The molecule has 0 aliphatic heterocycles. The van der Waals surface area contributed by atoms with E-state index in [0.29, 0.717) is 0 Å². The molecule has 0 spiro atoms. The van der Waals surface area contributed by atoms with Crippen LogP contribution in [0.4, 0.5) is 10.1 Å². The Morgan fingerprint density at radius 3 is 2.79 bits per heavy atom. The molecule has 0 aliphatic rings. The van der Waals surface area contributed by atoms with Gasteiger partial charge in [-0.3, -0.25) is 10.1 Å². The van der Waals surface area contributed by atoms with Crippen molar-refractivity contribution in [2.75, 3.05) is 6.54 Å². The van der Waals surface area contributed by atoms with Crippen molar-refractivity contribution in [1.29, 1.82) is 0 Å². The van der Waals surface area contributed by atoms with Crippen LogP contribution in [0.15, 0.2) is 18.2 Å². The minimum atomic E-state index is -1.48. The van der Waals surface area contributed by atoms with Crippen LogP contribution in [-0.4, -0.2) is 11.5 Å². The van der Waals surface area contributed by atoms with Crippen LogP contribution >= 0.6 is 0 Å². The highest BCUT2D eigenvalue weighted by Gasteiger charge is 2.20. The lowest BCUT2D eigenvalue weighted by Gasteiger charge is -2.06. The standard InChI is InChI=1S/C9H11FN2O2/c1-6-2-3-9(12(13)14)7(4-6)8(10)5-11/h2-4,8H,5,11H2,1H3. The van der Waals surface area contributed by atoms with Gasteiger partial charge in [0.2, 0.25) is 0 Å². The molecule has 1 aromatic carbocycles. The summed E-state index contributed by atoms with van der Waals surface area (Å²) in [6, 6.07) is 4.33. The van der Waals surface area contributed by atoms with Crippen LogP contribution in [0.1, 0.15) is 17.3 Å². The maximum Gasteiger partial charge on any atom is 0.275 e. The largest absolute Gasteiger partial charge is 0.327 e. The third-order valence-corrected chi connectivity index (χ3v) is 1.92. The lowest BCUT2D eigenvalue weighted by molar-refractivity contribution is -0.386. The summed E-state index contributed by atoms with van der Waals surface area (Å²) in [7, 11) is 0. The van der Waals surface area contributed by atoms with Crippen molar-refractivity contribution in [3.05, 3.63) is 39.4 Å². The topological polar surface area (TPSA) is 69.2 Å². The van der Waals surface area contributed by atoms with E-state index in [1.807, 2.05) is 0 Å². The first-order valence-corrected chi connectivity index (χ1v) is 4.15. The zero-order chi connectivity index (χ0) is 10.7. The average molecular weight is 198 g/mol. The van der Waals surface area contributed by atoms with Crippen molar-refractivity contribution in [3.8, 4) is 0 Å². The number of hydrogen-bond acceptors (Lipinski definition) is 3. The smallest absolute Gasteiger partial charge is 0.275 e. The Labute approximate surface area is 80.7 Å². The number of halogens is 1. The molecule has 0 bridgehead atoms. The van der Waals surface area contributed by atoms with Crippen LogP contribution in [0.2, 0.25) is 0 Å². The number of alkyl halides is 1. The van der Waals surface area contributed by atoms with Gasteiger partial charge in [-0.2, -0.15) is 0 Å². The molecule has 0 heterocycles. The fraction of sp³-hybridized carbons (Fsp3) is 0.333. The minimum Gasteiger partial charge on any atom is -0.327 e. The van der Waals surface area contributed by atoms with Gasteiger partial charge in [-0.15, -0.1) is 0 Å². The van der Waals surface area contributed by atoms with Crippen LogP contribution in [0.3, 0.4) is 0 Å². The zero-order valence-electron chi connectivity index (χ0n) is 7.74. The van der Waals surface area contributed by atoms with Crippen molar-refractivity contribution in [3.63, 3.8) is 0 Å². The molecule has 0 radical (unpaired) electrons. The fourth-order valence-electron chi connectivity index (χ4n) is 1.22. The fourth-order valence-corrected chi connectivity index (χ4v) is 1.22. The van der Waals surface area contributed by atoms with Gasteiger partial charge in [0.15, 0.2) is 0 Å². The lowest BCUT2D eigenvalue weighted by atomic mass is 10.1. The Kier molecular flexibility index (Phi) is 3.14. The average Bonchev–Trinajstić information content (AvgIpc) is 2.16. The molecule has 5 heteroatoms. The molecule has 14 heavy (non-hydrogen) atoms. The van der Waals surface area contributed by atoms with Gasteiger partial charge in [-0.1, -0.05) is 11.6 Å². The summed E-state index contributed by atoms with van der Waals surface area (Å²) >= 11 is 0. The highest BCUT2D eigenvalue weighted by molar-refractivity contribution is 5.44. The molecule has 0 amide bonds. The number of nitro benzene ring substituents is 1. The number of nitro groups is 1. The number of nitrogens with zero attached hydrogens (tertiary/aromatic N) is 1. The van der Waals surface area contributed by atoms with Gasteiger partial charge in [0, 0.05) is 12.6 Å². The van der Waals surface area contributed by atoms with Crippen LogP contribution < -0.4 is 5.73 Å². The highest BCUT2D eigenvalue weighted by atomic mass is 19.1. The van der Waals surface area contributed by atoms with Gasteiger partial charge in [-0.05, 0) is 13.0 Å². The summed E-state index contributed by atoms with van der Waals surface area (Å²) < 4.78 is 13.2. The predicted octanol–water partition coefficient (Wildman–Crippen LogP) is 1.87. The first kappa shape index (κ1) is 10.6. The monoisotopic (exact) mass is 198 g/mol. The van der Waals surface area contributed by atoms with Gasteiger partial charge in [0.1, 0.15) is 6.17 Å². The molecule has 1 atom stereocenters. The SMILES string of the molecule is Cc1ccc([N+](=O)[O-])c(C(F)CN)c1. The minimum absolute atomic E-state index is 0.0532. The Bertz CT molecular complexity index is 355. The lowest BCUT2D eigenvalue weighted by Crippen LogP contribution is -2.09. The van der Waals surface area contributed by atoms with Crippen LogP contribution in [0, 0.1) is 17.0 Å². The second-order valence-corrected chi connectivity index (χ2v) is 3.02. The van der Waals surface area contributed by atoms with E-state index in [2.05, 4.69) is 0 Å². The Hall–Kier alpha value is -1.49. The molecule has 0 saturated carbocycles. The molecule has 0 aliphatic carbocycles. The van der Waals surface area contributed by atoms with E-state index in [-0.39, 0.29) is 17.8 Å². The third kappa shape index (κ3) is 2.05. The Morgan fingerprint density at radius 1 is 1.64 bits per heavy atom. The number of rotatable bonds is 3. The van der Waals surface area contributed by atoms with Gasteiger partial charge >= 0.3 is 0 Å². The summed E-state index contributed by atoms with van der Waals surface area (Å²) in [4.78, 5) is 9.95. The first-order valence-electron chi connectivity index (χ1n) is 4.15. The molecular weight excluding hydrogens is 187 g/mol. The van der Waals surface area contributed by atoms with Crippen molar-refractivity contribution < 1.29 is 9.31 Å². The van der Waals surface area contributed by atoms with Gasteiger partial charge in [0.05, 0.1) is 10.5 Å². The summed E-state index contributed by atoms with van der Waals surface area (Å²) in [5, 5.41) is 10.6. The Morgan fingerprint density at radius 2 is 2.29 bits per heavy atom. The summed E-state index contributed by atoms with van der Waals surface area (Å²) in [6.45, 7) is 1.50. The van der Waals surface area contributed by atoms with E-state index < -0.39 is 11.1 Å². The van der Waals surface area contributed by atoms with E-state index in [0.717, 1.165) is 5.56 Å². The molecule has 0 saturated heterocycles. The molecule has 1 rings (SSSR count). The second kappa shape index (κ2) is 4.15. The molecule has 1 unspecified atom stereocenters.